The van der Waals surface area contributed by atoms with E-state index in [1.165, 1.54) is 6.08 Å². The van der Waals surface area contributed by atoms with Crippen LogP contribution in [0.1, 0.15) is 42.3 Å². The molecule has 1 aliphatic heterocycles. The van der Waals surface area contributed by atoms with Crippen molar-refractivity contribution in [2.24, 2.45) is 5.92 Å². The van der Waals surface area contributed by atoms with Crippen LogP contribution in [0.15, 0.2) is 59.9 Å². The van der Waals surface area contributed by atoms with E-state index in [9.17, 15) is 14.7 Å². The lowest BCUT2D eigenvalue weighted by molar-refractivity contribution is -0.361. The van der Waals surface area contributed by atoms with E-state index in [0.29, 0.717) is 28.3 Å². The Kier molecular flexibility index (Phi) is 3.50. The van der Waals surface area contributed by atoms with Crippen LogP contribution < -0.4 is 9.73 Å². The second-order valence-electron chi connectivity index (χ2n) is 8.58. The van der Waals surface area contributed by atoms with E-state index in [2.05, 4.69) is 25.8 Å². The number of aliphatic hydroxyl groups is 1. The maximum Gasteiger partial charge on any atom is 0.246 e. The van der Waals surface area contributed by atoms with Gasteiger partial charge in [0.25, 0.3) is 0 Å². The molecule has 1 atom stereocenters. The monoisotopic (exact) mass is 386 g/mol. The molecule has 2 aromatic carbocycles. The van der Waals surface area contributed by atoms with E-state index in [1.54, 1.807) is 24.3 Å². The lowest BCUT2D eigenvalue weighted by Gasteiger charge is -2.29. The van der Waals surface area contributed by atoms with E-state index < -0.39 is 11.7 Å². The number of Topliss-reactive ketones (excluding diaryl/α,β-unsaturated/α-hetero) is 1. The Labute approximate surface area is 168 Å². The maximum atomic E-state index is 13.3. The van der Waals surface area contributed by atoms with Gasteiger partial charge in [-0.15, -0.1) is 0 Å². The fourth-order valence-electron chi connectivity index (χ4n) is 4.08. The third-order valence-electron chi connectivity index (χ3n) is 5.67. The topological polar surface area (TPSA) is 77.6 Å². The SMILES string of the molecule is CC(C)(C)c1ccc2c(c1)OC1=CC(=O)C3=C(O)c4ccccc4C(=O)C3C1=[NH+]2. The summed E-state index contributed by atoms with van der Waals surface area (Å²) in [5.41, 5.74) is 3.15. The summed E-state index contributed by atoms with van der Waals surface area (Å²) >= 11 is 0. The molecule has 0 spiro atoms. The van der Waals surface area contributed by atoms with Gasteiger partial charge in [0.1, 0.15) is 11.7 Å². The Morgan fingerprint density at radius 3 is 2.48 bits per heavy atom. The smallest absolute Gasteiger partial charge is 0.246 e. The summed E-state index contributed by atoms with van der Waals surface area (Å²) in [4.78, 5) is 29.4. The number of hydrogen-bond donors (Lipinski definition) is 2. The molecule has 1 heterocycles. The van der Waals surface area contributed by atoms with Gasteiger partial charge in [-0.25, -0.2) is 4.99 Å². The molecule has 29 heavy (non-hydrogen) atoms. The molecule has 0 radical (unpaired) electrons. The van der Waals surface area contributed by atoms with Crippen molar-refractivity contribution in [2.45, 2.75) is 26.2 Å². The highest BCUT2D eigenvalue weighted by Gasteiger charge is 2.49. The quantitative estimate of drug-likeness (QED) is 0.730. The van der Waals surface area contributed by atoms with Crippen molar-refractivity contribution < 1.29 is 24.4 Å². The molecule has 0 saturated carbocycles. The maximum absolute atomic E-state index is 13.3. The number of rotatable bonds is 0. The van der Waals surface area contributed by atoms with Gasteiger partial charge in [0.05, 0.1) is 5.57 Å². The van der Waals surface area contributed by atoms with Crippen molar-refractivity contribution in [1.29, 1.82) is 0 Å². The van der Waals surface area contributed by atoms with Gasteiger partial charge in [0.2, 0.25) is 11.4 Å². The number of hydrogen-bond acceptors (Lipinski definition) is 4. The number of fused-ring (bicyclic) bond motifs is 5. The Morgan fingerprint density at radius 1 is 1.03 bits per heavy atom. The molecule has 144 valence electrons. The Hall–Kier alpha value is -3.47. The molecule has 5 nitrogen and oxygen atoms in total. The number of carbonyl (C=O) groups excluding carboxylic acids is 2. The van der Waals surface area contributed by atoms with Crippen molar-refractivity contribution in [1.82, 2.24) is 0 Å². The molecular weight excluding hydrogens is 366 g/mol. The molecule has 2 aromatic rings. The van der Waals surface area contributed by atoms with Crippen LogP contribution in [-0.4, -0.2) is 22.4 Å². The van der Waals surface area contributed by atoms with Crippen LogP contribution in [0.3, 0.4) is 0 Å². The van der Waals surface area contributed by atoms with Gasteiger partial charge in [-0.3, -0.25) is 9.59 Å². The van der Waals surface area contributed by atoms with Crippen LogP contribution in [0.5, 0.6) is 5.75 Å². The highest BCUT2D eigenvalue weighted by molar-refractivity contribution is 6.32. The van der Waals surface area contributed by atoms with Crippen molar-refractivity contribution in [3.05, 3.63) is 76.6 Å². The van der Waals surface area contributed by atoms with Crippen LogP contribution in [0.25, 0.3) is 5.76 Å². The minimum Gasteiger partial charge on any atom is -0.507 e. The second kappa shape index (κ2) is 5.77. The van der Waals surface area contributed by atoms with E-state index in [-0.39, 0.29) is 22.5 Å². The summed E-state index contributed by atoms with van der Waals surface area (Å²) in [5, 5.41) is 10.8. The van der Waals surface area contributed by atoms with Crippen LogP contribution >= 0.6 is 0 Å². The summed E-state index contributed by atoms with van der Waals surface area (Å²) in [6.45, 7) is 6.35. The molecule has 0 saturated heterocycles. The van der Waals surface area contributed by atoms with Crippen LogP contribution in [-0.2, 0) is 10.2 Å². The molecule has 2 aliphatic carbocycles. The van der Waals surface area contributed by atoms with E-state index >= 15 is 0 Å². The zero-order chi connectivity index (χ0) is 20.5. The minimum absolute atomic E-state index is 0.0517. The average Bonchev–Trinajstić information content (AvgIpc) is 2.68. The minimum atomic E-state index is -0.909. The van der Waals surface area contributed by atoms with Crippen LogP contribution in [0.2, 0.25) is 0 Å². The Bertz CT molecular complexity index is 1210. The van der Waals surface area contributed by atoms with Gasteiger partial charge in [0, 0.05) is 23.3 Å². The first kappa shape index (κ1) is 17.6. The number of ketones is 2. The lowest BCUT2D eigenvalue weighted by Crippen LogP contribution is -2.72. The van der Waals surface area contributed by atoms with Gasteiger partial charge in [-0.1, -0.05) is 51.1 Å². The number of ether oxygens (including phenoxy) is 1. The summed E-state index contributed by atoms with van der Waals surface area (Å²) in [6.07, 6.45) is 1.35. The first-order chi connectivity index (χ1) is 13.8. The van der Waals surface area contributed by atoms with Crippen molar-refractivity contribution in [3.63, 3.8) is 0 Å². The Morgan fingerprint density at radius 2 is 1.76 bits per heavy atom. The van der Waals surface area contributed by atoms with E-state index in [4.69, 9.17) is 4.74 Å². The second-order valence-corrected chi connectivity index (χ2v) is 8.58. The molecule has 1 unspecified atom stereocenters. The molecule has 0 fully saturated rings. The number of allylic oxidation sites excluding steroid dienone is 3. The van der Waals surface area contributed by atoms with Crippen molar-refractivity contribution in [2.75, 3.05) is 0 Å². The zero-order valence-corrected chi connectivity index (χ0v) is 16.4. The lowest BCUT2D eigenvalue weighted by atomic mass is 9.73. The molecular formula is C24H20NO4+. The average molecular weight is 386 g/mol. The molecule has 5 rings (SSSR count). The summed E-state index contributed by atoms with van der Waals surface area (Å²) in [7, 11) is 0. The number of nitrogens with one attached hydrogen (secondary N) is 1. The zero-order valence-electron chi connectivity index (χ0n) is 16.4. The molecule has 3 aliphatic rings. The van der Waals surface area contributed by atoms with Gasteiger partial charge >= 0.3 is 0 Å². The predicted molar refractivity (Wildman–Crippen MR) is 108 cm³/mol. The summed E-state index contributed by atoms with van der Waals surface area (Å²) in [6, 6.07) is 12.7. The van der Waals surface area contributed by atoms with Gasteiger partial charge < -0.3 is 9.84 Å². The third-order valence-corrected chi connectivity index (χ3v) is 5.67. The largest absolute Gasteiger partial charge is 0.507 e. The molecule has 0 bridgehead atoms. The van der Waals surface area contributed by atoms with Crippen molar-refractivity contribution in [3.8, 4) is 5.75 Å². The summed E-state index contributed by atoms with van der Waals surface area (Å²) in [5.74, 6) is -0.760. The normalized spacial score (nSPS) is 20.0. The number of benzene rings is 2. The van der Waals surface area contributed by atoms with E-state index in [1.807, 2.05) is 18.2 Å². The Balaban J connectivity index is 1.70. The van der Waals surface area contributed by atoms with Crippen LogP contribution in [0.4, 0.5) is 5.69 Å². The highest BCUT2D eigenvalue weighted by Crippen LogP contribution is 2.40. The standard InChI is InChI=1S/C24H19NO4/c1-24(2,3)12-8-9-15-17(10-12)29-18-11-16(26)19-20(21(18)25-15)23(28)14-7-5-4-6-13(14)22(19)27/h4-11,20,27H,1-3H3/p+1. The van der Waals surface area contributed by atoms with Gasteiger partial charge in [-0.05, 0) is 17.0 Å². The third kappa shape index (κ3) is 2.50. The van der Waals surface area contributed by atoms with Gasteiger partial charge in [-0.2, -0.15) is 0 Å². The fraction of sp³-hybridized carbons (Fsp3) is 0.208. The first-order valence-electron chi connectivity index (χ1n) is 9.55. The van der Waals surface area contributed by atoms with Gasteiger partial charge in [0.15, 0.2) is 23.1 Å². The molecule has 0 aromatic heterocycles. The predicted octanol–water partition coefficient (Wildman–Crippen LogP) is 2.78. The first-order valence-corrected chi connectivity index (χ1v) is 9.55. The number of aliphatic hydroxyl groups excluding tert-OH is 1. The molecule has 0 amide bonds. The fourth-order valence-corrected chi connectivity index (χ4v) is 4.08. The number of carbonyl (C=O) groups is 2. The molecule has 5 heteroatoms. The van der Waals surface area contributed by atoms with E-state index in [0.717, 1.165) is 11.3 Å². The highest BCUT2D eigenvalue weighted by atomic mass is 16.5. The van der Waals surface area contributed by atoms with Crippen molar-refractivity contribution >= 4 is 28.7 Å². The van der Waals surface area contributed by atoms with Crippen LogP contribution in [0, 0.1) is 5.92 Å². The summed E-state index contributed by atoms with van der Waals surface area (Å²) < 4.78 is 6.05. The molecule has 2 N–H and O–H groups in total.